The lowest BCUT2D eigenvalue weighted by Crippen LogP contribution is -2.32. The third-order valence-electron chi connectivity index (χ3n) is 5.44. The van der Waals surface area contributed by atoms with Crippen molar-refractivity contribution in [1.29, 1.82) is 0 Å². The van der Waals surface area contributed by atoms with E-state index in [1.165, 1.54) is 12.0 Å². The Morgan fingerprint density at radius 1 is 0.844 bits per heavy atom. The van der Waals surface area contributed by atoms with Crippen LogP contribution in [0.15, 0.2) is 66.4 Å². The molecular weight excluding hydrogens is 424 g/mol. The van der Waals surface area contributed by atoms with Gasteiger partial charge in [0.05, 0.1) is 18.4 Å². The number of ether oxygens (including phenoxy) is 1. The summed E-state index contributed by atoms with van der Waals surface area (Å²) in [4.78, 5) is 28.4. The van der Waals surface area contributed by atoms with E-state index in [2.05, 4.69) is 5.32 Å². The van der Waals surface area contributed by atoms with Crippen LogP contribution in [0.4, 0.5) is 11.4 Å². The van der Waals surface area contributed by atoms with E-state index in [1.54, 1.807) is 18.2 Å². The third-order valence-corrected chi connectivity index (χ3v) is 5.85. The zero-order valence-electron chi connectivity index (χ0n) is 18.3. The Bertz CT molecular complexity index is 1260. The lowest BCUT2D eigenvalue weighted by atomic mass is 10.0. The fourth-order valence-corrected chi connectivity index (χ4v) is 3.82. The number of nitrogens with zero attached hydrogens (tertiary/aromatic N) is 1. The molecule has 32 heavy (non-hydrogen) atoms. The van der Waals surface area contributed by atoms with Crippen LogP contribution in [0.3, 0.4) is 0 Å². The maximum atomic E-state index is 13.6. The maximum Gasteiger partial charge on any atom is 0.282 e. The zero-order valence-corrected chi connectivity index (χ0v) is 19.1. The molecule has 1 heterocycles. The second-order valence-corrected chi connectivity index (χ2v) is 8.23. The molecule has 0 saturated heterocycles. The van der Waals surface area contributed by atoms with Gasteiger partial charge in [0.25, 0.3) is 11.8 Å². The van der Waals surface area contributed by atoms with E-state index in [1.807, 2.05) is 63.2 Å². The molecule has 0 aromatic heterocycles. The average Bonchev–Trinajstić information content (AvgIpc) is 3.00. The quantitative estimate of drug-likeness (QED) is 0.513. The number of hydrogen-bond acceptors (Lipinski definition) is 4. The molecule has 6 heteroatoms. The van der Waals surface area contributed by atoms with Gasteiger partial charge in [-0.1, -0.05) is 53.6 Å². The summed E-state index contributed by atoms with van der Waals surface area (Å²) in [7, 11) is 1.51. The first kappa shape index (κ1) is 21.7. The van der Waals surface area contributed by atoms with E-state index in [-0.39, 0.29) is 5.70 Å². The number of benzene rings is 3. The van der Waals surface area contributed by atoms with Crippen molar-refractivity contribution < 1.29 is 14.3 Å². The molecule has 0 radical (unpaired) electrons. The van der Waals surface area contributed by atoms with Gasteiger partial charge in [0.15, 0.2) is 0 Å². The Morgan fingerprint density at radius 2 is 1.53 bits per heavy atom. The van der Waals surface area contributed by atoms with Crippen LogP contribution < -0.4 is 15.0 Å². The zero-order chi connectivity index (χ0) is 23.0. The number of methoxy groups -OCH3 is 1. The van der Waals surface area contributed by atoms with Crippen LogP contribution in [0.2, 0.25) is 5.02 Å². The molecule has 2 amide bonds. The van der Waals surface area contributed by atoms with Gasteiger partial charge >= 0.3 is 0 Å². The van der Waals surface area contributed by atoms with E-state index < -0.39 is 11.8 Å². The lowest BCUT2D eigenvalue weighted by molar-refractivity contribution is -0.120. The Kier molecular flexibility index (Phi) is 5.76. The molecule has 0 aliphatic carbocycles. The van der Waals surface area contributed by atoms with Crippen LogP contribution in [0.25, 0.3) is 5.57 Å². The summed E-state index contributed by atoms with van der Waals surface area (Å²) in [6.07, 6.45) is 0. The van der Waals surface area contributed by atoms with Crippen molar-refractivity contribution in [3.05, 3.63) is 93.6 Å². The fourth-order valence-electron chi connectivity index (χ4n) is 3.64. The number of nitrogens with one attached hydrogen (secondary N) is 1. The summed E-state index contributed by atoms with van der Waals surface area (Å²) in [5, 5.41) is 3.72. The van der Waals surface area contributed by atoms with E-state index in [4.69, 9.17) is 16.3 Å². The molecule has 0 atom stereocenters. The minimum atomic E-state index is -0.453. The molecule has 3 aromatic rings. The van der Waals surface area contributed by atoms with Crippen molar-refractivity contribution in [3.8, 4) is 5.75 Å². The number of halogens is 1. The normalized spacial score (nSPS) is 13.7. The number of hydrogen-bond donors (Lipinski definition) is 1. The monoisotopic (exact) mass is 446 g/mol. The smallest absolute Gasteiger partial charge is 0.282 e. The highest BCUT2D eigenvalue weighted by molar-refractivity contribution is 6.46. The van der Waals surface area contributed by atoms with Gasteiger partial charge in [0.1, 0.15) is 11.4 Å². The van der Waals surface area contributed by atoms with Crippen molar-refractivity contribution in [1.82, 2.24) is 0 Å². The molecule has 1 aliphatic heterocycles. The first-order valence-corrected chi connectivity index (χ1v) is 10.6. The Balaban J connectivity index is 1.86. The number of imide groups is 1. The summed E-state index contributed by atoms with van der Waals surface area (Å²) < 4.78 is 5.45. The number of anilines is 2. The summed E-state index contributed by atoms with van der Waals surface area (Å²) in [6.45, 7) is 5.77. The lowest BCUT2D eigenvalue weighted by Gasteiger charge is -2.19. The molecule has 0 fully saturated rings. The molecule has 1 N–H and O–H groups in total. The van der Waals surface area contributed by atoms with Gasteiger partial charge in [0, 0.05) is 10.7 Å². The van der Waals surface area contributed by atoms with Crippen LogP contribution >= 0.6 is 11.6 Å². The SMILES string of the molecule is COc1ccc(C)cc1N1C(=O)C(Nc2ccc(C)c(Cl)c2)=C(c2ccc(C)cc2)C1=O. The van der Waals surface area contributed by atoms with E-state index in [9.17, 15) is 9.59 Å². The fraction of sp³-hybridized carbons (Fsp3) is 0.154. The average molecular weight is 447 g/mol. The molecule has 0 bridgehead atoms. The molecule has 162 valence electrons. The molecule has 0 saturated carbocycles. The molecule has 4 rings (SSSR count). The van der Waals surface area contributed by atoms with Gasteiger partial charge in [-0.3, -0.25) is 9.59 Å². The van der Waals surface area contributed by atoms with E-state index in [0.29, 0.717) is 33.3 Å². The van der Waals surface area contributed by atoms with Crippen LogP contribution in [0, 0.1) is 20.8 Å². The minimum absolute atomic E-state index is 0.197. The number of carbonyl (C=O) groups excluding carboxylic acids is 2. The van der Waals surface area contributed by atoms with E-state index >= 15 is 0 Å². The standard InChI is InChI=1S/C26H23ClN2O3/c1-15-5-9-18(10-6-15)23-24(28-19-11-8-17(3)20(27)14-19)26(31)29(25(23)30)21-13-16(2)7-12-22(21)32-4/h5-14,28H,1-4H3. The number of amides is 2. The molecule has 1 aliphatic rings. The van der Waals surface area contributed by atoms with Crippen molar-refractivity contribution in [2.45, 2.75) is 20.8 Å². The third kappa shape index (κ3) is 3.87. The highest BCUT2D eigenvalue weighted by Crippen LogP contribution is 2.38. The molecule has 3 aromatic carbocycles. The molecule has 0 unspecified atom stereocenters. The maximum absolute atomic E-state index is 13.6. The van der Waals surface area contributed by atoms with Gasteiger partial charge in [-0.15, -0.1) is 0 Å². The van der Waals surface area contributed by atoms with Crippen LogP contribution in [0.1, 0.15) is 22.3 Å². The van der Waals surface area contributed by atoms with Crippen molar-refractivity contribution in [2.24, 2.45) is 0 Å². The van der Waals surface area contributed by atoms with Crippen LogP contribution in [-0.2, 0) is 9.59 Å². The van der Waals surface area contributed by atoms with Crippen molar-refractivity contribution in [3.63, 3.8) is 0 Å². The number of rotatable bonds is 5. The van der Waals surface area contributed by atoms with Gasteiger partial charge in [-0.2, -0.15) is 0 Å². The topological polar surface area (TPSA) is 58.6 Å². The predicted octanol–water partition coefficient (Wildman–Crippen LogP) is 5.67. The Labute approximate surface area is 192 Å². The Hall–Kier alpha value is -3.57. The predicted molar refractivity (Wildman–Crippen MR) is 128 cm³/mol. The largest absolute Gasteiger partial charge is 0.495 e. The first-order chi connectivity index (χ1) is 15.3. The molecule has 0 spiro atoms. The van der Waals surface area contributed by atoms with Gasteiger partial charge in [-0.05, 0) is 61.7 Å². The summed E-state index contributed by atoms with van der Waals surface area (Å²) >= 11 is 6.28. The van der Waals surface area contributed by atoms with Crippen LogP contribution in [-0.4, -0.2) is 18.9 Å². The highest BCUT2D eigenvalue weighted by atomic mass is 35.5. The van der Waals surface area contributed by atoms with Crippen LogP contribution in [0.5, 0.6) is 5.75 Å². The summed E-state index contributed by atoms with van der Waals surface area (Å²) in [6, 6.07) is 18.3. The number of carbonyl (C=O) groups is 2. The van der Waals surface area contributed by atoms with Gasteiger partial charge in [-0.25, -0.2) is 4.90 Å². The summed E-state index contributed by atoms with van der Waals surface area (Å²) in [5.74, 6) is -0.421. The second kappa shape index (κ2) is 8.52. The first-order valence-electron chi connectivity index (χ1n) is 10.2. The van der Waals surface area contributed by atoms with Gasteiger partial charge < -0.3 is 10.1 Å². The molecular formula is C26H23ClN2O3. The van der Waals surface area contributed by atoms with Crippen molar-refractivity contribution >= 4 is 40.4 Å². The minimum Gasteiger partial charge on any atom is -0.495 e. The van der Waals surface area contributed by atoms with Crippen molar-refractivity contribution in [2.75, 3.05) is 17.3 Å². The number of aryl methyl sites for hydroxylation is 3. The highest BCUT2D eigenvalue weighted by Gasteiger charge is 2.41. The second-order valence-electron chi connectivity index (χ2n) is 7.83. The molecule has 5 nitrogen and oxygen atoms in total. The Morgan fingerprint density at radius 3 is 2.19 bits per heavy atom. The van der Waals surface area contributed by atoms with Gasteiger partial charge in [0.2, 0.25) is 0 Å². The summed E-state index contributed by atoms with van der Waals surface area (Å²) in [5.41, 5.74) is 5.07. The van der Waals surface area contributed by atoms with E-state index in [0.717, 1.165) is 16.7 Å².